The second kappa shape index (κ2) is 4.86. The van der Waals surface area contributed by atoms with Crippen molar-refractivity contribution in [3.05, 3.63) is 16.1 Å². The van der Waals surface area contributed by atoms with Gasteiger partial charge in [-0.3, -0.25) is 4.79 Å². The smallest absolute Gasteiger partial charge is 0.140 e. The van der Waals surface area contributed by atoms with Crippen LogP contribution >= 0.6 is 11.3 Å². The monoisotopic (exact) mass is 224 g/mol. The van der Waals surface area contributed by atoms with Crippen LogP contribution in [0.15, 0.2) is 5.38 Å². The van der Waals surface area contributed by atoms with Crippen molar-refractivity contribution in [3.63, 3.8) is 0 Å². The summed E-state index contributed by atoms with van der Waals surface area (Å²) in [6.45, 7) is 2.79. The molecule has 1 aliphatic carbocycles. The molecule has 1 fully saturated rings. The molecule has 0 bridgehead atoms. The van der Waals surface area contributed by atoms with Crippen molar-refractivity contribution in [1.29, 1.82) is 0 Å². The summed E-state index contributed by atoms with van der Waals surface area (Å²) in [4.78, 5) is 15.8. The Balaban J connectivity index is 1.67. The van der Waals surface area contributed by atoms with Gasteiger partial charge in [0.15, 0.2) is 0 Å². The van der Waals surface area contributed by atoms with E-state index in [1.54, 1.807) is 11.3 Å². The molecule has 82 valence electrons. The van der Waals surface area contributed by atoms with Crippen molar-refractivity contribution in [2.75, 3.05) is 6.54 Å². The first kappa shape index (κ1) is 10.8. The Bertz CT molecular complexity index is 344. The van der Waals surface area contributed by atoms with E-state index >= 15 is 0 Å². The van der Waals surface area contributed by atoms with Gasteiger partial charge < -0.3 is 5.32 Å². The average Bonchev–Trinajstić information content (AvgIpc) is 2.91. The molecule has 0 spiro atoms. The van der Waals surface area contributed by atoms with Crippen molar-refractivity contribution >= 4 is 17.1 Å². The summed E-state index contributed by atoms with van der Waals surface area (Å²) < 4.78 is 0. The predicted molar refractivity (Wildman–Crippen MR) is 61.2 cm³/mol. The number of ketones is 1. The number of thiazole rings is 1. The quantitative estimate of drug-likeness (QED) is 0.799. The molecule has 1 heterocycles. The maximum Gasteiger partial charge on any atom is 0.140 e. The molecule has 0 radical (unpaired) electrons. The van der Waals surface area contributed by atoms with Crippen LogP contribution in [0.25, 0.3) is 0 Å². The molecule has 1 aromatic heterocycles. The molecule has 1 aliphatic rings. The minimum Gasteiger partial charge on any atom is -0.314 e. The number of Topliss-reactive ketones (excluding diaryl/α,β-unsaturated/α-hetero) is 1. The van der Waals surface area contributed by atoms with E-state index in [4.69, 9.17) is 0 Å². The number of aryl methyl sites for hydroxylation is 1. The Morgan fingerprint density at radius 2 is 2.47 bits per heavy atom. The van der Waals surface area contributed by atoms with E-state index in [0.717, 1.165) is 17.2 Å². The van der Waals surface area contributed by atoms with Crippen LogP contribution in [0, 0.1) is 6.92 Å². The van der Waals surface area contributed by atoms with E-state index in [-0.39, 0.29) is 5.78 Å². The van der Waals surface area contributed by atoms with Gasteiger partial charge in [-0.25, -0.2) is 4.98 Å². The van der Waals surface area contributed by atoms with Gasteiger partial charge in [0.1, 0.15) is 5.78 Å². The molecule has 0 aromatic carbocycles. The second-order valence-electron chi connectivity index (χ2n) is 4.05. The minimum atomic E-state index is 0.286. The van der Waals surface area contributed by atoms with Crippen molar-refractivity contribution in [2.45, 2.75) is 38.6 Å². The van der Waals surface area contributed by atoms with Gasteiger partial charge in [-0.1, -0.05) is 0 Å². The largest absolute Gasteiger partial charge is 0.314 e. The summed E-state index contributed by atoms with van der Waals surface area (Å²) in [7, 11) is 0. The molecular weight excluding hydrogens is 208 g/mol. The molecule has 0 aliphatic heterocycles. The van der Waals surface area contributed by atoms with Crippen molar-refractivity contribution in [3.8, 4) is 0 Å². The first-order chi connectivity index (χ1) is 7.24. The van der Waals surface area contributed by atoms with Gasteiger partial charge in [-0.05, 0) is 19.8 Å². The van der Waals surface area contributed by atoms with Gasteiger partial charge in [-0.2, -0.15) is 0 Å². The summed E-state index contributed by atoms with van der Waals surface area (Å²) in [6.07, 6.45) is 3.68. The summed E-state index contributed by atoms with van der Waals surface area (Å²) in [6, 6.07) is 0.694. The van der Waals surface area contributed by atoms with E-state index in [9.17, 15) is 4.79 Å². The fourth-order valence-electron chi connectivity index (χ4n) is 1.48. The third kappa shape index (κ3) is 3.72. The lowest BCUT2D eigenvalue weighted by atomic mass is 10.2. The van der Waals surface area contributed by atoms with Crippen LogP contribution in [0.3, 0.4) is 0 Å². The highest BCUT2D eigenvalue weighted by atomic mass is 32.1. The maximum absolute atomic E-state index is 11.5. The number of hydrogen-bond donors (Lipinski definition) is 1. The van der Waals surface area contributed by atoms with Gasteiger partial charge in [-0.15, -0.1) is 11.3 Å². The number of aromatic nitrogens is 1. The molecule has 0 atom stereocenters. The van der Waals surface area contributed by atoms with Gasteiger partial charge in [0, 0.05) is 30.8 Å². The highest BCUT2D eigenvalue weighted by Crippen LogP contribution is 2.18. The summed E-state index contributed by atoms with van der Waals surface area (Å²) in [5.41, 5.74) is 0.925. The zero-order valence-corrected chi connectivity index (χ0v) is 9.77. The van der Waals surface area contributed by atoms with Gasteiger partial charge in [0.05, 0.1) is 10.7 Å². The van der Waals surface area contributed by atoms with Crippen LogP contribution in [0.2, 0.25) is 0 Å². The number of hydrogen-bond acceptors (Lipinski definition) is 4. The first-order valence-electron chi connectivity index (χ1n) is 5.40. The van der Waals surface area contributed by atoms with Crippen molar-refractivity contribution < 1.29 is 4.79 Å². The Labute approximate surface area is 93.9 Å². The molecule has 0 amide bonds. The van der Waals surface area contributed by atoms with Crippen molar-refractivity contribution in [1.82, 2.24) is 10.3 Å². The first-order valence-corrected chi connectivity index (χ1v) is 6.28. The summed E-state index contributed by atoms with van der Waals surface area (Å²) in [5.74, 6) is 0.286. The standard InChI is InChI=1S/C11H16N2OS/c1-8-13-10(7-15-8)6-11(14)4-5-12-9-2-3-9/h7,9,12H,2-6H2,1H3. The minimum absolute atomic E-state index is 0.286. The molecule has 2 rings (SSSR count). The Morgan fingerprint density at radius 3 is 3.07 bits per heavy atom. The van der Waals surface area contributed by atoms with Crippen LogP contribution in [0.4, 0.5) is 0 Å². The van der Waals surface area contributed by atoms with Crippen LogP contribution in [0.5, 0.6) is 0 Å². The Hall–Kier alpha value is -0.740. The van der Waals surface area contributed by atoms with Crippen LogP contribution in [0.1, 0.15) is 30.0 Å². The lowest BCUT2D eigenvalue weighted by Gasteiger charge is -2.00. The fourth-order valence-corrected chi connectivity index (χ4v) is 2.10. The molecule has 1 saturated carbocycles. The van der Waals surface area contributed by atoms with E-state index in [0.29, 0.717) is 18.9 Å². The predicted octanol–water partition coefficient (Wildman–Crippen LogP) is 1.71. The maximum atomic E-state index is 11.5. The molecule has 4 heteroatoms. The van der Waals surface area contributed by atoms with E-state index in [2.05, 4.69) is 10.3 Å². The number of nitrogens with zero attached hydrogens (tertiary/aromatic N) is 1. The highest BCUT2D eigenvalue weighted by molar-refractivity contribution is 7.09. The third-order valence-corrected chi connectivity index (χ3v) is 3.28. The fraction of sp³-hybridized carbons (Fsp3) is 0.636. The zero-order chi connectivity index (χ0) is 10.7. The molecule has 3 nitrogen and oxygen atoms in total. The SMILES string of the molecule is Cc1nc(CC(=O)CCNC2CC2)cs1. The lowest BCUT2D eigenvalue weighted by Crippen LogP contribution is -2.20. The molecule has 1 aromatic rings. The Morgan fingerprint density at radius 1 is 1.67 bits per heavy atom. The van der Waals surface area contributed by atoms with Crippen LogP contribution in [-0.4, -0.2) is 23.4 Å². The Kier molecular flexibility index (Phi) is 3.49. The van der Waals surface area contributed by atoms with Gasteiger partial charge >= 0.3 is 0 Å². The zero-order valence-electron chi connectivity index (χ0n) is 8.95. The van der Waals surface area contributed by atoms with E-state index in [1.807, 2.05) is 12.3 Å². The topological polar surface area (TPSA) is 42.0 Å². The third-order valence-electron chi connectivity index (χ3n) is 2.46. The number of carbonyl (C=O) groups excluding carboxylic acids is 1. The lowest BCUT2D eigenvalue weighted by molar-refractivity contribution is -0.118. The van der Waals surface area contributed by atoms with E-state index in [1.165, 1.54) is 12.8 Å². The molecule has 0 unspecified atom stereocenters. The number of rotatable bonds is 6. The van der Waals surface area contributed by atoms with Crippen LogP contribution < -0.4 is 5.32 Å². The summed E-state index contributed by atoms with van der Waals surface area (Å²) >= 11 is 1.61. The van der Waals surface area contributed by atoms with Crippen molar-refractivity contribution in [2.24, 2.45) is 0 Å². The molecule has 15 heavy (non-hydrogen) atoms. The molecule has 1 N–H and O–H groups in total. The number of carbonyl (C=O) groups is 1. The molecular formula is C11H16N2OS. The summed E-state index contributed by atoms with van der Waals surface area (Å²) in [5, 5.41) is 6.35. The van der Waals surface area contributed by atoms with E-state index < -0.39 is 0 Å². The highest BCUT2D eigenvalue weighted by Gasteiger charge is 2.20. The second-order valence-corrected chi connectivity index (χ2v) is 5.11. The molecule has 0 saturated heterocycles. The normalized spacial score (nSPS) is 15.5. The van der Waals surface area contributed by atoms with Gasteiger partial charge in [0.25, 0.3) is 0 Å². The van der Waals surface area contributed by atoms with Gasteiger partial charge in [0.2, 0.25) is 0 Å². The van der Waals surface area contributed by atoms with Crippen LogP contribution in [-0.2, 0) is 11.2 Å². The number of nitrogens with one attached hydrogen (secondary N) is 1. The average molecular weight is 224 g/mol.